The number of Topliss-reactive ketones (excluding diaryl/α,β-unsaturated/α-hetero) is 1. The standard InChI is InChI=1S/C25H24N4O2S/c1-17-26-23-22(24(31)29(17)19-11-6-3-7-12-19)27-25(32-23)28-16-8-13-20(28)21(30)15-14-18-9-4-2-5-10-18/h2-7,9-12,20H,8,13-16H2,1H3/t20-/m1/s1. The number of anilines is 1. The van der Waals surface area contributed by atoms with Gasteiger partial charge in [-0.15, -0.1) is 0 Å². The minimum absolute atomic E-state index is 0.174. The van der Waals surface area contributed by atoms with Crippen molar-refractivity contribution in [3.05, 3.63) is 82.4 Å². The predicted molar refractivity (Wildman–Crippen MR) is 128 cm³/mol. The van der Waals surface area contributed by atoms with Gasteiger partial charge in [-0.2, -0.15) is 0 Å². The van der Waals surface area contributed by atoms with Crippen LogP contribution >= 0.6 is 11.3 Å². The summed E-state index contributed by atoms with van der Waals surface area (Å²) in [5.74, 6) is 0.859. The van der Waals surface area contributed by atoms with Gasteiger partial charge in [-0.1, -0.05) is 59.9 Å². The van der Waals surface area contributed by atoms with Crippen molar-refractivity contribution in [3.63, 3.8) is 0 Å². The molecule has 3 heterocycles. The van der Waals surface area contributed by atoms with Crippen LogP contribution in [0.2, 0.25) is 0 Å². The number of thiazole rings is 1. The summed E-state index contributed by atoms with van der Waals surface area (Å²) in [6.07, 6.45) is 3.02. The molecule has 6 nitrogen and oxygen atoms in total. The highest BCUT2D eigenvalue weighted by Gasteiger charge is 2.32. The molecule has 4 aromatic rings. The lowest BCUT2D eigenvalue weighted by atomic mass is 10.0. The maximum atomic E-state index is 13.2. The molecule has 0 bridgehead atoms. The zero-order valence-corrected chi connectivity index (χ0v) is 18.7. The van der Waals surface area contributed by atoms with Crippen LogP contribution in [0.3, 0.4) is 0 Å². The molecular weight excluding hydrogens is 420 g/mol. The van der Waals surface area contributed by atoms with Crippen LogP contribution in [0.25, 0.3) is 16.0 Å². The Kier molecular flexibility index (Phi) is 5.57. The van der Waals surface area contributed by atoms with E-state index in [4.69, 9.17) is 0 Å². The van der Waals surface area contributed by atoms with E-state index in [1.54, 1.807) is 4.57 Å². The molecule has 0 N–H and O–H groups in total. The van der Waals surface area contributed by atoms with Crippen molar-refractivity contribution in [3.8, 4) is 5.69 Å². The van der Waals surface area contributed by atoms with Gasteiger partial charge in [0, 0.05) is 13.0 Å². The van der Waals surface area contributed by atoms with Gasteiger partial charge in [0.1, 0.15) is 5.82 Å². The van der Waals surface area contributed by atoms with Gasteiger partial charge in [0.05, 0.1) is 11.7 Å². The second kappa shape index (κ2) is 8.67. The zero-order valence-electron chi connectivity index (χ0n) is 17.9. The number of carbonyl (C=O) groups is 1. The first-order valence-corrected chi connectivity index (χ1v) is 11.7. The fourth-order valence-electron chi connectivity index (χ4n) is 4.38. The molecule has 5 rings (SSSR count). The molecular formula is C25H24N4O2S. The van der Waals surface area contributed by atoms with Crippen LogP contribution in [0.4, 0.5) is 5.13 Å². The molecule has 1 aliphatic heterocycles. The molecule has 2 aromatic heterocycles. The van der Waals surface area contributed by atoms with Crippen molar-refractivity contribution in [1.82, 2.24) is 14.5 Å². The van der Waals surface area contributed by atoms with Gasteiger partial charge in [-0.05, 0) is 43.9 Å². The normalized spacial score (nSPS) is 16.0. The largest absolute Gasteiger partial charge is 0.338 e. The number of carbonyl (C=O) groups excluding carboxylic acids is 1. The molecule has 0 radical (unpaired) electrons. The van der Waals surface area contributed by atoms with Crippen molar-refractivity contribution >= 4 is 32.6 Å². The Hall–Kier alpha value is -3.32. The van der Waals surface area contributed by atoms with Crippen LogP contribution < -0.4 is 10.5 Å². The molecule has 0 amide bonds. The number of ketones is 1. The average Bonchev–Trinajstić information content (AvgIpc) is 3.46. The number of hydrogen-bond donors (Lipinski definition) is 0. The summed E-state index contributed by atoms with van der Waals surface area (Å²) in [4.78, 5) is 38.3. The number of aryl methyl sites for hydroxylation is 2. The highest BCUT2D eigenvalue weighted by molar-refractivity contribution is 7.21. The maximum absolute atomic E-state index is 13.2. The van der Waals surface area contributed by atoms with E-state index in [-0.39, 0.29) is 17.4 Å². The van der Waals surface area contributed by atoms with E-state index < -0.39 is 0 Å². The smallest absolute Gasteiger partial charge is 0.285 e. The summed E-state index contributed by atoms with van der Waals surface area (Å²) in [5, 5.41) is 0.713. The number of hydrogen-bond acceptors (Lipinski definition) is 6. The third-order valence-electron chi connectivity index (χ3n) is 5.98. The summed E-state index contributed by atoms with van der Waals surface area (Å²) in [5.41, 5.74) is 2.13. The van der Waals surface area contributed by atoms with Crippen LogP contribution in [0.5, 0.6) is 0 Å². The van der Waals surface area contributed by atoms with Crippen molar-refractivity contribution in [2.45, 2.75) is 38.6 Å². The van der Waals surface area contributed by atoms with Crippen molar-refractivity contribution < 1.29 is 4.79 Å². The Morgan fingerprint density at radius 2 is 1.78 bits per heavy atom. The average molecular weight is 445 g/mol. The Morgan fingerprint density at radius 1 is 1.06 bits per heavy atom. The Balaban J connectivity index is 1.43. The lowest BCUT2D eigenvalue weighted by molar-refractivity contribution is -0.120. The summed E-state index contributed by atoms with van der Waals surface area (Å²) < 4.78 is 1.60. The van der Waals surface area contributed by atoms with Gasteiger partial charge < -0.3 is 4.90 Å². The highest BCUT2D eigenvalue weighted by Crippen LogP contribution is 2.32. The Labute approximate surface area is 190 Å². The first kappa shape index (κ1) is 20.6. The quantitative estimate of drug-likeness (QED) is 0.443. The molecule has 0 spiro atoms. The number of para-hydroxylation sites is 1. The molecule has 0 aliphatic carbocycles. The monoisotopic (exact) mass is 444 g/mol. The highest BCUT2D eigenvalue weighted by atomic mass is 32.1. The summed E-state index contributed by atoms with van der Waals surface area (Å²) in [6, 6.07) is 19.4. The van der Waals surface area contributed by atoms with Gasteiger partial charge in [-0.25, -0.2) is 9.97 Å². The van der Waals surface area contributed by atoms with E-state index >= 15 is 0 Å². The topological polar surface area (TPSA) is 68.1 Å². The molecule has 162 valence electrons. The van der Waals surface area contributed by atoms with Crippen molar-refractivity contribution in [2.75, 3.05) is 11.4 Å². The molecule has 0 unspecified atom stereocenters. The second-order valence-corrected chi connectivity index (χ2v) is 9.04. The molecule has 1 saturated heterocycles. The Bertz CT molecular complexity index is 1310. The third-order valence-corrected chi connectivity index (χ3v) is 6.96. The van der Waals surface area contributed by atoms with E-state index in [1.165, 1.54) is 16.9 Å². The molecule has 1 atom stereocenters. The number of fused-ring (bicyclic) bond motifs is 1. The Morgan fingerprint density at radius 3 is 2.53 bits per heavy atom. The fourth-order valence-corrected chi connectivity index (χ4v) is 5.43. The molecule has 0 saturated carbocycles. The molecule has 2 aromatic carbocycles. The lowest BCUT2D eigenvalue weighted by Gasteiger charge is -2.22. The van der Waals surface area contributed by atoms with E-state index in [9.17, 15) is 9.59 Å². The van der Waals surface area contributed by atoms with Gasteiger partial charge in [0.2, 0.25) is 0 Å². The van der Waals surface area contributed by atoms with E-state index in [2.05, 4.69) is 27.0 Å². The molecule has 1 fully saturated rings. The second-order valence-electron chi connectivity index (χ2n) is 8.09. The van der Waals surface area contributed by atoms with E-state index in [0.29, 0.717) is 27.7 Å². The number of nitrogens with zero attached hydrogens (tertiary/aromatic N) is 4. The van der Waals surface area contributed by atoms with Crippen LogP contribution in [0.15, 0.2) is 65.5 Å². The predicted octanol–water partition coefficient (Wildman–Crippen LogP) is 4.32. The summed E-state index contributed by atoms with van der Waals surface area (Å²) in [6.45, 7) is 2.60. The minimum Gasteiger partial charge on any atom is -0.338 e. The SMILES string of the molecule is Cc1nc2sc(N3CCC[C@@H]3C(=O)CCc3ccccc3)nc2c(=O)n1-c1ccccc1. The first-order chi connectivity index (χ1) is 15.6. The summed E-state index contributed by atoms with van der Waals surface area (Å²) >= 11 is 1.40. The maximum Gasteiger partial charge on any atom is 0.285 e. The first-order valence-electron chi connectivity index (χ1n) is 10.9. The number of aromatic nitrogens is 3. The van der Waals surface area contributed by atoms with Crippen LogP contribution in [0.1, 0.15) is 30.7 Å². The van der Waals surface area contributed by atoms with Crippen molar-refractivity contribution in [1.29, 1.82) is 0 Å². The third kappa shape index (κ3) is 3.84. The minimum atomic E-state index is -0.184. The molecule has 32 heavy (non-hydrogen) atoms. The molecule has 7 heteroatoms. The van der Waals surface area contributed by atoms with Gasteiger partial charge in [-0.3, -0.25) is 14.2 Å². The van der Waals surface area contributed by atoms with Gasteiger partial charge in [0.15, 0.2) is 21.3 Å². The van der Waals surface area contributed by atoms with Gasteiger partial charge >= 0.3 is 0 Å². The zero-order chi connectivity index (χ0) is 22.1. The van der Waals surface area contributed by atoms with Gasteiger partial charge in [0.25, 0.3) is 5.56 Å². The van der Waals surface area contributed by atoms with Crippen LogP contribution in [0, 0.1) is 6.92 Å². The number of benzene rings is 2. The van der Waals surface area contributed by atoms with Crippen LogP contribution in [-0.2, 0) is 11.2 Å². The summed E-state index contributed by atoms with van der Waals surface area (Å²) in [7, 11) is 0. The lowest BCUT2D eigenvalue weighted by Crippen LogP contribution is -2.36. The van der Waals surface area contributed by atoms with E-state index in [0.717, 1.165) is 31.5 Å². The molecule has 1 aliphatic rings. The fraction of sp³-hybridized carbons (Fsp3) is 0.280. The van der Waals surface area contributed by atoms with Crippen molar-refractivity contribution in [2.24, 2.45) is 0 Å². The van der Waals surface area contributed by atoms with E-state index in [1.807, 2.05) is 55.5 Å². The number of rotatable bonds is 6. The van der Waals surface area contributed by atoms with Crippen LogP contribution in [-0.4, -0.2) is 32.9 Å².